The molecule has 5 heteroatoms. The molecule has 0 aliphatic carbocycles. The number of hydrogen-bond acceptors (Lipinski definition) is 2. The fourth-order valence-electron chi connectivity index (χ4n) is 1.52. The number of carboxylic acids is 1. The molecule has 2 amide bonds. The Morgan fingerprint density at radius 2 is 1.94 bits per heavy atom. The van der Waals surface area contributed by atoms with Crippen LogP contribution in [0.3, 0.4) is 0 Å². The summed E-state index contributed by atoms with van der Waals surface area (Å²) >= 11 is 0. The Balaban J connectivity index is 4.67. The summed E-state index contributed by atoms with van der Waals surface area (Å²) in [7, 11) is 1.68. The number of amides is 2. The summed E-state index contributed by atoms with van der Waals surface area (Å²) in [6.45, 7) is 7.35. The van der Waals surface area contributed by atoms with Gasteiger partial charge in [-0.1, -0.05) is 20.3 Å². The summed E-state index contributed by atoms with van der Waals surface area (Å²) in [4.78, 5) is 24.6. The third-order valence-corrected chi connectivity index (χ3v) is 3.18. The molecule has 0 spiro atoms. The number of rotatable bonds is 6. The van der Waals surface area contributed by atoms with Crippen molar-refractivity contribution in [3.63, 3.8) is 0 Å². The standard InChI is InChI=1S/C12H24N2O3/c1-6-8-12(4,10(15)16)13-11(17)14(5)9(3)7-2/h9H,6-8H2,1-5H3,(H,13,17)(H,15,16). The molecule has 0 aromatic rings. The first-order chi connectivity index (χ1) is 7.78. The average Bonchev–Trinajstić information content (AvgIpc) is 2.26. The smallest absolute Gasteiger partial charge is 0.329 e. The Bertz CT molecular complexity index is 281. The van der Waals surface area contributed by atoms with Gasteiger partial charge in [0.05, 0.1) is 0 Å². The van der Waals surface area contributed by atoms with Crippen molar-refractivity contribution in [3.05, 3.63) is 0 Å². The summed E-state index contributed by atoms with van der Waals surface area (Å²) < 4.78 is 0. The lowest BCUT2D eigenvalue weighted by atomic mass is 9.96. The zero-order chi connectivity index (χ0) is 13.6. The topological polar surface area (TPSA) is 69.6 Å². The van der Waals surface area contributed by atoms with Gasteiger partial charge in [-0.3, -0.25) is 0 Å². The van der Waals surface area contributed by atoms with Gasteiger partial charge in [-0.05, 0) is 26.7 Å². The molecule has 2 unspecified atom stereocenters. The monoisotopic (exact) mass is 244 g/mol. The van der Waals surface area contributed by atoms with Gasteiger partial charge < -0.3 is 15.3 Å². The largest absolute Gasteiger partial charge is 0.480 e. The molecular weight excluding hydrogens is 220 g/mol. The van der Waals surface area contributed by atoms with E-state index in [0.717, 1.165) is 6.42 Å². The molecule has 0 fully saturated rings. The number of carbonyl (C=O) groups excluding carboxylic acids is 1. The minimum absolute atomic E-state index is 0.0923. The summed E-state index contributed by atoms with van der Waals surface area (Å²) in [5.74, 6) is -0.995. The molecule has 2 atom stereocenters. The van der Waals surface area contributed by atoms with E-state index >= 15 is 0 Å². The molecule has 0 aromatic carbocycles. The Morgan fingerprint density at radius 1 is 1.41 bits per heavy atom. The van der Waals surface area contributed by atoms with Crippen molar-refractivity contribution in [1.29, 1.82) is 0 Å². The second kappa shape index (κ2) is 6.47. The van der Waals surface area contributed by atoms with Crippen molar-refractivity contribution >= 4 is 12.0 Å². The van der Waals surface area contributed by atoms with Crippen LogP contribution in [0, 0.1) is 0 Å². The van der Waals surface area contributed by atoms with E-state index in [9.17, 15) is 9.59 Å². The lowest BCUT2D eigenvalue weighted by molar-refractivity contribution is -0.144. The van der Waals surface area contributed by atoms with Crippen molar-refractivity contribution in [1.82, 2.24) is 10.2 Å². The maximum atomic E-state index is 11.9. The number of hydrogen-bond donors (Lipinski definition) is 2. The van der Waals surface area contributed by atoms with Crippen LogP contribution in [0.2, 0.25) is 0 Å². The molecule has 0 saturated heterocycles. The second-order valence-corrected chi connectivity index (χ2v) is 4.69. The number of urea groups is 1. The predicted molar refractivity (Wildman–Crippen MR) is 67.0 cm³/mol. The highest BCUT2D eigenvalue weighted by Gasteiger charge is 2.35. The normalized spacial score (nSPS) is 15.8. The average molecular weight is 244 g/mol. The van der Waals surface area contributed by atoms with Gasteiger partial charge >= 0.3 is 12.0 Å². The highest BCUT2D eigenvalue weighted by Crippen LogP contribution is 2.13. The van der Waals surface area contributed by atoms with Gasteiger partial charge in [-0.15, -0.1) is 0 Å². The summed E-state index contributed by atoms with van der Waals surface area (Å²) in [5.41, 5.74) is -1.19. The molecule has 0 radical (unpaired) electrons. The Hall–Kier alpha value is -1.26. The number of nitrogens with one attached hydrogen (secondary N) is 1. The van der Waals surface area contributed by atoms with Gasteiger partial charge in [0.25, 0.3) is 0 Å². The third-order valence-electron chi connectivity index (χ3n) is 3.18. The fraction of sp³-hybridized carbons (Fsp3) is 0.833. The Labute approximate surface area is 103 Å². The molecule has 17 heavy (non-hydrogen) atoms. The van der Waals surface area contributed by atoms with Crippen LogP contribution in [0.1, 0.15) is 47.0 Å². The first kappa shape index (κ1) is 15.7. The maximum absolute atomic E-state index is 11.9. The summed E-state index contributed by atoms with van der Waals surface area (Å²) in [5, 5.41) is 11.8. The zero-order valence-electron chi connectivity index (χ0n) is 11.4. The van der Waals surface area contributed by atoms with Crippen LogP contribution in [0.15, 0.2) is 0 Å². The molecule has 0 bridgehead atoms. The van der Waals surface area contributed by atoms with E-state index in [1.807, 2.05) is 20.8 Å². The van der Waals surface area contributed by atoms with Crippen molar-refractivity contribution in [2.24, 2.45) is 0 Å². The molecular formula is C12H24N2O3. The van der Waals surface area contributed by atoms with Gasteiger partial charge in [-0.2, -0.15) is 0 Å². The first-order valence-corrected chi connectivity index (χ1v) is 6.06. The SMILES string of the molecule is CCCC(C)(NC(=O)N(C)C(C)CC)C(=O)O. The van der Waals surface area contributed by atoms with E-state index in [0.29, 0.717) is 12.8 Å². The number of aliphatic carboxylic acids is 1. The van der Waals surface area contributed by atoms with Crippen LogP contribution in [-0.4, -0.2) is 40.6 Å². The minimum Gasteiger partial charge on any atom is -0.480 e. The van der Waals surface area contributed by atoms with E-state index in [-0.39, 0.29) is 12.1 Å². The van der Waals surface area contributed by atoms with Crippen molar-refractivity contribution in [2.45, 2.75) is 58.5 Å². The molecule has 0 saturated carbocycles. The molecule has 2 N–H and O–H groups in total. The van der Waals surface area contributed by atoms with E-state index in [1.165, 1.54) is 4.90 Å². The Morgan fingerprint density at radius 3 is 2.29 bits per heavy atom. The van der Waals surface area contributed by atoms with Crippen LogP contribution < -0.4 is 5.32 Å². The van der Waals surface area contributed by atoms with E-state index in [4.69, 9.17) is 5.11 Å². The third kappa shape index (κ3) is 4.24. The number of nitrogens with zero attached hydrogens (tertiary/aromatic N) is 1. The van der Waals surface area contributed by atoms with Crippen molar-refractivity contribution in [3.8, 4) is 0 Å². The van der Waals surface area contributed by atoms with Crippen LogP contribution in [0.5, 0.6) is 0 Å². The molecule has 0 aliphatic heterocycles. The quantitative estimate of drug-likeness (QED) is 0.751. The predicted octanol–water partition coefficient (Wildman–Crippen LogP) is 2.07. The maximum Gasteiger partial charge on any atom is 0.329 e. The molecule has 0 rings (SSSR count). The number of carboxylic acid groups (broad SMARTS) is 1. The van der Waals surface area contributed by atoms with Gasteiger partial charge in [0.15, 0.2) is 0 Å². The van der Waals surface area contributed by atoms with Crippen LogP contribution >= 0.6 is 0 Å². The van der Waals surface area contributed by atoms with Crippen LogP contribution in [0.25, 0.3) is 0 Å². The molecule has 0 heterocycles. The number of carbonyl (C=O) groups is 2. The lowest BCUT2D eigenvalue weighted by Gasteiger charge is -2.31. The highest BCUT2D eigenvalue weighted by molar-refractivity contribution is 5.85. The van der Waals surface area contributed by atoms with Gasteiger partial charge in [0.1, 0.15) is 5.54 Å². The molecule has 0 aromatic heterocycles. The zero-order valence-corrected chi connectivity index (χ0v) is 11.4. The van der Waals surface area contributed by atoms with Crippen molar-refractivity contribution in [2.75, 3.05) is 7.05 Å². The first-order valence-electron chi connectivity index (χ1n) is 6.06. The van der Waals surface area contributed by atoms with Gasteiger partial charge in [-0.25, -0.2) is 9.59 Å². The fourth-order valence-corrected chi connectivity index (χ4v) is 1.52. The van der Waals surface area contributed by atoms with Crippen molar-refractivity contribution < 1.29 is 14.7 Å². The minimum atomic E-state index is -1.19. The van der Waals surface area contributed by atoms with E-state index < -0.39 is 11.5 Å². The van der Waals surface area contributed by atoms with Gasteiger partial charge in [0, 0.05) is 13.1 Å². The Kier molecular flexibility index (Phi) is 5.99. The molecule has 100 valence electrons. The molecule has 0 aliphatic rings. The summed E-state index contributed by atoms with van der Waals surface area (Å²) in [6.07, 6.45) is 1.96. The van der Waals surface area contributed by atoms with E-state index in [1.54, 1.807) is 14.0 Å². The molecule has 5 nitrogen and oxygen atoms in total. The van der Waals surface area contributed by atoms with Gasteiger partial charge in [0.2, 0.25) is 0 Å². The van der Waals surface area contributed by atoms with Crippen LogP contribution in [-0.2, 0) is 4.79 Å². The summed E-state index contributed by atoms with van der Waals surface area (Å²) in [6, 6.07) is -0.243. The second-order valence-electron chi connectivity index (χ2n) is 4.69. The van der Waals surface area contributed by atoms with Crippen LogP contribution in [0.4, 0.5) is 4.79 Å². The lowest BCUT2D eigenvalue weighted by Crippen LogP contribution is -2.56. The van der Waals surface area contributed by atoms with E-state index in [2.05, 4.69) is 5.32 Å². The highest BCUT2D eigenvalue weighted by atomic mass is 16.4.